The standard InChI is InChI=1S/C22H25ClN4OS/c1-4-15(3)16-10-12-17(13-11-16)24-20(28)14-29-22-26-25-21(27(22)5-2)18-8-6-7-9-19(18)23/h6-13,15H,4-5,14H2,1-3H3,(H,24,28). The number of amides is 1. The molecular formula is C22H25ClN4OS. The van der Waals surface area contributed by atoms with E-state index in [9.17, 15) is 4.79 Å². The first-order valence-electron chi connectivity index (χ1n) is 9.74. The summed E-state index contributed by atoms with van der Waals surface area (Å²) in [5.41, 5.74) is 2.92. The Bertz CT molecular complexity index is 971. The second-order valence-electron chi connectivity index (χ2n) is 6.80. The third-order valence-corrected chi connectivity index (χ3v) is 6.15. The number of halogens is 1. The zero-order chi connectivity index (χ0) is 20.8. The van der Waals surface area contributed by atoms with Crippen LogP contribution in [0.15, 0.2) is 53.7 Å². The second-order valence-corrected chi connectivity index (χ2v) is 8.15. The average molecular weight is 429 g/mol. The molecule has 3 aromatic rings. The Morgan fingerprint density at radius 3 is 2.52 bits per heavy atom. The highest BCUT2D eigenvalue weighted by Crippen LogP contribution is 2.29. The number of thioether (sulfide) groups is 1. The summed E-state index contributed by atoms with van der Waals surface area (Å²) < 4.78 is 1.97. The molecule has 29 heavy (non-hydrogen) atoms. The lowest BCUT2D eigenvalue weighted by atomic mass is 9.99. The predicted molar refractivity (Wildman–Crippen MR) is 121 cm³/mol. The van der Waals surface area contributed by atoms with Crippen molar-refractivity contribution in [3.63, 3.8) is 0 Å². The first-order chi connectivity index (χ1) is 14.0. The zero-order valence-electron chi connectivity index (χ0n) is 16.9. The van der Waals surface area contributed by atoms with Gasteiger partial charge in [-0.3, -0.25) is 4.79 Å². The number of hydrogen-bond acceptors (Lipinski definition) is 4. The Hall–Kier alpha value is -2.31. The third kappa shape index (κ3) is 5.19. The monoisotopic (exact) mass is 428 g/mol. The number of nitrogens with one attached hydrogen (secondary N) is 1. The molecule has 2 aromatic carbocycles. The van der Waals surface area contributed by atoms with Gasteiger partial charge in [-0.1, -0.05) is 61.5 Å². The minimum Gasteiger partial charge on any atom is -0.325 e. The topological polar surface area (TPSA) is 59.8 Å². The average Bonchev–Trinajstić information content (AvgIpc) is 3.15. The Morgan fingerprint density at radius 2 is 1.86 bits per heavy atom. The number of carbonyl (C=O) groups is 1. The van der Waals surface area contributed by atoms with Crippen LogP contribution in [0.1, 0.15) is 38.7 Å². The molecule has 0 bridgehead atoms. The van der Waals surface area contributed by atoms with Gasteiger partial charge in [0.15, 0.2) is 11.0 Å². The van der Waals surface area contributed by atoms with Crippen LogP contribution in [-0.4, -0.2) is 26.4 Å². The molecule has 0 radical (unpaired) electrons. The van der Waals surface area contributed by atoms with E-state index in [1.807, 2.05) is 47.9 Å². The fourth-order valence-corrected chi connectivity index (χ4v) is 4.00. The van der Waals surface area contributed by atoms with Crippen LogP contribution < -0.4 is 5.32 Å². The van der Waals surface area contributed by atoms with Crippen molar-refractivity contribution < 1.29 is 4.79 Å². The molecule has 7 heteroatoms. The van der Waals surface area contributed by atoms with Gasteiger partial charge in [0.2, 0.25) is 5.91 Å². The summed E-state index contributed by atoms with van der Waals surface area (Å²) in [6, 6.07) is 15.6. The highest BCUT2D eigenvalue weighted by Gasteiger charge is 2.16. The van der Waals surface area contributed by atoms with Crippen molar-refractivity contribution in [3.05, 3.63) is 59.1 Å². The first-order valence-corrected chi connectivity index (χ1v) is 11.1. The smallest absolute Gasteiger partial charge is 0.234 e. The number of rotatable bonds is 8. The fourth-order valence-electron chi connectivity index (χ4n) is 2.98. The summed E-state index contributed by atoms with van der Waals surface area (Å²) in [6.07, 6.45) is 1.09. The second kappa shape index (κ2) is 9.94. The summed E-state index contributed by atoms with van der Waals surface area (Å²) >= 11 is 7.67. The number of hydrogen-bond donors (Lipinski definition) is 1. The molecule has 1 amide bonds. The third-order valence-electron chi connectivity index (χ3n) is 4.86. The minimum absolute atomic E-state index is 0.0729. The van der Waals surface area contributed by atoms with Crippen LogP contribution in [0.25, 0.3) is 11.4 Å². The van der Waals surface area contributed by atoms with Gasteiger partial charge >= 0.3 is 0 Å². The van der Waals surface area contributed by atoms with Crippen molar-refractivity contribution in [2.45, 2.75) is 44.8 Å². The maximum absolute atomic E-state index is 12.4. The molecule has 152 valence electrons. The maximum Gasteiger partial charge on any atom is 0.234 e. The molecular weight excluding hydrogens is 404 g/mol. The summed E-state index contributed by atoms with van der Waals surface area (Å²) in [5, 5.41) is 12.8. The van der Waals surface area contributed by atoms with Gasteiger partial charge in [-0.05, 0) is 49.1 Å². The highest BCUT2D eigenvalue weighted by molar-refractivity contribution is 7.99. The molecule has 0 fully saturated rings. The van der Waals surface area contributed by atoms with E-state index in [-0.39, 0.29) is 11.7 Å². The number of aromatic nitrogens is 3. The molecule has 3 rings (SSSR count). The van der Waals surface area contributed by atoms with Gasteiger partial charge in [0.1, 0.15) is 0 Å². The normalized spacial score (nSPS) is 12.0. The van der Waals surface area contributed by atoms with Gasteiger partial charge in [0, 0.05) is 17.8 Å². The quantitative estimate of drug-likeness (QED) is 0.456. The fraction of sp³-hybridized carbons (Fsp3) is 0.318. The van der Waals surface area contributed by atoms with Gasteiger partial charge in [-0.2, -0.15) is 0 Å². The molecule has 0 saturated carbocycles. The van der Waals surface area contributed by atoms with E-state index < -0.39 is 0 Å². The summed E-state index contributed by atoms with van der Waals surface area (Å²) in [4.78, 5) is 12.4. The lowest BCUT2D eigenvalue weighted by Gasteiger charge is -2.11. The van der Waals surface area contributed by atoms with E-state index in [0.717, 1.165) is 17.7 Å². The summed E-state index contributed by atoms with van der Waals surface area (Å²) in [6.45, 7) is 7.08. The van der Waals surface area contributed by atoms with Crippen LogP contribution in [0.3, 0.4) is 0 Å². The highest BCUT2D eigenvalue weighted by atomic mass is 35.5. The molecule has 0 aliphatic heterocycles. The molecule has 0 aliphatic rings. The van der Waals surface area contributed by atoms with E-state index in [2.05, 4.69) is 41.5 Å². The molecule has 1 atom stereocenters. The molecule has 1 N–H and O–H groups in total. The molecule has 5 nitrogen and oxygen atoms in total. The molecule has 0 spiro atoms. The minimum atomic E-state index is -0.0729. The number of anilines is 1. The van der Waals surface area contributed by atoms with Crippen LogP contribution in [0.5, 0.6) is 0 Å². The van der Waals surface area contributed by atoms with Gasteiger partial charge in [0.25, 0.3) is 0 Å². The largest absolute Gasteiger partial charge is 0.325 e. The lowest BCUT2D eigenvalue weighted by molar-refractivity contribution is -0.113. The summed E-state index contributed by atoms with van der Waals surface area (Å²) in [7, 11) is 0. The molecule has 0 aliphatic carbocycles. The van der Waals surface area contributed by atoms with E-state index in [4.69, 9.17) is 11.6 Å². The Labute approximate surface area is 180 Å². The maximum atomic E-state index is 12.4. The predicted octanol–water partition coefficient (Wildman–Crippen LogP) is 5.86. The Kier molecular flexibility index (Phi) is 7.34. The molecule has 1 heterocycles. The Morgan fingerprint density at radius 1 is 1.14 bits per heavy atom. The van der Waals surface area contributed by atoms with Gasteiger partial charge in [-0.15, -0.1) is 10.2 Å². The zero-order valence-corrected chi connectivity index (χ0v) is 18.4. The van der Waals surface area contributed by atoms with Crippen molar-refractivity contribution >= 4 is 35.0 Å². The molecule has 0 saturated heterocycles. The van der Waals surface area contributed by atoms with Crippen LogP contribution in [0.2, 0.25) is 5.02 Å². The number of benzene rings is 2. The van der Waals surface area contributed by atoms with E-state index in [1.54, 1.807) is 0 Å². The lowest BCUT2D eigenvalue weighted by Crippen LogP contribution is -2.14. The van der Waals surface area contributed by atoms with E-state index in [1.165, 1.54) is 17.3 Å². The van der Waals surface area contributed by atoms with E-state index in [0.29, 0.717) is 28.5 Å². The van der Waals surface area contributed by atoms with Gasteiger partial charge < -0.3 is 9.88 Å². The summed E-state index contributed by atoms with van der Waals surface area (Å²) in [5.74, 6) is 1.41. The Balaban J connectivity index is 1.64. The van der Waals surface area contributed by atoms with Crippen LogP contribution in [0, 0.1) is 0 Å². The van der Waals surface area contributed by atoms with Crippen molar-refractivity contribution in [2.75, 3.05) is 11.1 Å². The van der Waals surface area contributed by atoms with E-state index >= 15 is 0 Å². The van der Waals surface area contributed by atoms with Crippen molar-refractivity contribution in [3.8, 4) is 11.4 Å². The first kappa shape index (κ1) is 21.4. The van der Waals surface area contributed by atoms with Crippen molar-refractivity contribution in [1.29, 1.82) is 0 Å². The molecule has 1 aromatic heterocycles. The SMILES string of the molecule is CCC(C)c1ccc(NC(=O)CSc2nnc(-c3ccccc3Cl)n2CC)cc1. The van der Waals surface area contributed by atoms with Crippen molar-refractivity contribution in [1.82, 2.24) is 14.8 Å². The molecule has 1 unspecified atom stereocenters. The van der Waals surface area contributed by atoms with Crippen LogP contribution in [-0.2, 0) is 11.3 Å². The number of carbonyl (C=O) groups excluding carboxylic acids is 1. The number of nitrogens with zero attached hydrogens (tertiary/aromatic N) is 3. The van der Waals surface area contributed by atoms with Gasteiger partial charge in [0.05, 0.1) is 10.8 Å². The van der Waals surface area contributed by atoms with Crippen molar-refractivity contribution in [2.24, 2.45) is 0 Å². The van der Waals surface area contributed by atoms with Gasteiger partial charge in [-0.25, -0.2) is 0 Å². The van der Waals surface area contributed by atoms with Crippen LogP contribution >= 0.6 is 23.4 Å². The van der Waals surface area contributed by atoms with Crippen LogP contribution in [0.4, 0.5) is 5.69 Å².